The summed E-state index contributed by atoms with van der Waals surface area (Å²) in [6.45, 7) is 7.65. The Labute approximate surface area is 247 Å². The Morgan fingerprint density at radius 3 is 2.59 bits per heavy atom. The van der Waals surface area contributed by atoms with Crippen LogP contribution < -0.4 is 0 Å². The van der Waals surface area contributed by atoms with Crippen LogP contribution in [0, 0.1) is 11.3 Å². The molecule has 1 aromatic rings. The van der Waals surface area contributed by atoms with Crippen LogP contribution in [-0.4, -0.2) is 75.2 Å². The molecule has 2 fully saturated rings. The first-order valence-electron chi connectivity index (χ1n) is 16.3. The van der Waals surface area contributed by atoms with Crippen molar-refractivity contribution in [2.24, 2.45) is 11.3 Å². The minimum atomic E-state index is -0.999. The van der Waals surface area contributed by atoms with Gasteiger partial charge in [0, 0.05) is 30.0 Å². The lowest BCUT2D eigenvalue weighted by atomic mass is 9.64. The number of allylic oxidation sites excluding steroid dienone is 2. The van der Waals surface area contributed by atoms with E-state index >= 15 is 0 Å². The van der Waals surface area contributed by atoms with Gasteiger partial charge in [0.1, 0.15) is 0 Å². The van der Waals surface area contributed by atoms with E-state index in [0.29, 0.717) is 32.4 Å². The van der Waals surface area contributed by atoms with Gasteiger partial charge >= 0.3 is 0 Å². The van der Waals surface area contributed by atoms with Crippen molar-refractivity contribution in [3.63, 3.8) is 0 Å². The van der Waals surface area contributed by atoms with Crippen LogP contribution >= 0.6 is 0 Å². The average Bonchev–Trinajstić information content (AvgIpc) is 3.21. The summed E-state index contributed by atoms with van der Waals surface area (Å²) >= 11 is 0. The molecule has 4 N–H and O–H groups in total. The molecule has 4 aliphatic rings. The van der Waals surface area contributed by atoms with Crippen LogP contribution in [-0.2, 0) is 6.42 Å². The molecule has 41 heavy (non-hydrogen) atoms. The molecule has 0 saturated heterocycles. The Morgan fingerprint density at radius 2 is 1.88 bits per heavy atom. The number of aliphatic hydroxyl groups is 4. The predicted molar refractivity (Wildman–Crippen MR) is 164 cm³/mol. The molecule has 4 aliphatic carbocycles. The normalized spacial score (nSPS) is 30.6. The number of rotatable bonds is 9. The highest BCUT2D eigenvalue weighted by Gasteiger charge is 2.57. The molecule has 2 saturated carbocycles. The second-order valence-electron chi connectivity index (χ2n) is 13.7. The van der Waals surface area contributed by atoms with Gasteiger partial charge in [-0.1, -0.05) is 56.9 Å². The first-order valence-corrected chi connectivity index (χ1v) is 16.3. The molecule has 6 heteroatoms. The number of hydrogen-bond acceptors (Lipinski definition) is 6. The number of benzene rings is 1. The fourth-order valence-electron chi connectivity index (χ4n) is 8.07. The van der Waals surface area contributed by atoms with Crippen molar-refractivity contribution in [2.45, 2.75) is 128 Å². The number of carbonyl (C=O) groups is 1. The molecule has 2 bridgehead atoms. The van der Waals surface area contributed by atoms with E-state index in [-0.39, 0.29) is 24.2 Å². The van der Waals surface area contributed by atoms with Gasteiger partial charge in [0.15, 0.2) is 5.78 Å². The van der Waals surface area contributed by atoms with Crippen LogP contribution in [0.25, 0.3) is 0 Å². The fourth-order valence-corrected chi connectivity index (χ4v) is 8.07. The molecule has 0 aliphatic heterocycles. The maximum atomic E-state index is 14.1. The first kappa shape index (κ1) is 32.3. The largest absolute Gasteiger partial charge is 0.394 e. The highest BCUT2D eigenvalue weighted by atomic mass is 16.3. The third-order valence-electron chi connectivity index (χ3n) is 10.6. The van der Waals surface area contributed by atoms with Gasteiger partial charge in [0.05, 0.1) is 24.4 Å². The molecule has 1 aromatic carbocycles. The molecule has 5 rings (SSSR count). The molecule has 6 nitrogen and oxygen atoms in total. The summed E-state index contributed by atoms with van der Waals surface area (Å²) in [6.07, 6.45) is 12.3. The van der Waals surface area contributed by atoms with Gasteiger partial charge in [0.2, 0.25) is 0 Å². The topological polar surface area (TPSA) is 101 Å². The van der Waals surface area contributed by atoms with E-state index in [9.17, 15) is 25.2 Å². The van der Waals surface area contributed by atoms with Gasteiger partial charge in [-0.05, 0) is 101 Å². The van der Waals surface area contributed by atoms with Crippen LogP contribution in [0.2, 0.25) is 0 Å². The zero-order valence-corrected chi connectivity index (χ0v) is 25.8. The van der Waals surface area contributed by atoms with Crippen molar-refractivity contribution < 1.29 is 25.2 Å². The van der Waals surface area contributed by atoms with E-state index in [2.05, 4.69) is 49.9 Å². The summed E-state index contributed by atoms with van der Waals surface area (Å²) in [7, 11) is 0. The first-order chi connectivity index (χ1) is 19.6. The minimum absolute atomic E-state index is 0.0249. The number of ketones is 1. The maximum Gasteiger partial charge on any atom is 0.166 e. The highest BCUT2D eigenvalue weighted by molar-refractivity contribution is 5.99. The molecule has 0 spiro atoms. The van der Waals surface area contributed by atoms with Crippen LogP contribution in [0.15, 0.2) is 29.8 Å². The quantitative estimate of drug-likeness (QED) is 0.230. The fraction of sp³-hybridized carbons (Fsp3) is 0.743. The van der Waals surface area contributed by atoms with Crippen molar-refractivity contribution in [1.29, 1.82) is 0 Å². The highest BCUT2D eigenvalue weighted by Crippen LogP contribution is 2.59. The van der Waals surface area contributed by atoms with Gasteiger partial charge < -0.3 is 20.4 Å². The van der Waals surface area contributed by atoms with Gasteiger partial charge in [-0.3, -0.25) is 9.69 Å². The monoisotopic (exact) mass is 569 g/mol. The van der Waals surface area contributed by atoms with Crippen molar-refractivity contribution in [3.05, 3.63) is 46.5 Å². The van der Waals surface area contributed by atoms with Crippen molar-refractivity contribution in [1.82, 2.24) is 4.90 Å². The van der Waals surface area contributed by atoms with E-state index < -0.39 is 23.2 Å². The smallest absolute Gasteiger partial charge is 0.166 e. The summed E-state index contributed by atoms with van der Waals surface area (Å²) in [4.78, 5) is 16.3. The number of Topliss-reactive ketones (excluding diaryl/α,β-unsaturated/α-hetero) is 1. The Balaban J connectivity index is 1.77. The van der Waals surface area contributed by atoms with E-state index in [0.717, 1.165) is 81.0 Å². The SMILES string of the molecule is CCCN(C[C@H](O)CO)C[C@]1(O)CC[C@H]2c3ccc(cc3C(=O)C3CCCCC3)C[C@@H](O)CCC(C)=CCC[C@@]21C. The van der Waals surface area contributed by atoms with E-state index in [1.165, 1.54) is 12.0 Å². The second kappa shape index (κ2) is 14.3. The zero-order valence-electron chi connectivity index (χ0n) is 25.8. The number of hydrogen-bond donors (Lipinski definition) is 4. The van der Waals surface area contributed by atoms with Crippen molar-refractivity contribution >= 4 is 5.78 Å². The lowest BCUT2D eigenvalue weighted by molar-refractivity contribution is -0.0891. The summed E-state index contributed by atoms with van der Waals surface area (Å²) in [6, 6.07) is 6.31. The van der Waals surface area contributed by atoms with Crippen molar-refractivity contribution in [2.75, 3.05) is 26.2 Å². The van der Waals surface area contributed by atoms with Gasteiger partial charge in [-0.15, -0.1) is 0 Å². The van der Waals surface area contributed by atoms with Gasteiger partial charge in [0.25, 0.3) is 0 Å². The molecule has 230 valence electrons. The molecule has 0 amide bonds. The number of fused-ring (bicyclic) bond motifs is 8. The molecule has 0 heterocycles. The minimum Gasteiger partial charge on any atom is -0.394 e. The Kier molecular flexibility index (Phi) is 11.3. The molecule has 5 atom stereocenters. The lowest BCUT2D eigenvalue weighted by Gasteiger charge is -2.46. The lowest BCUT2D eigenvalue weighted by Crippen LogP contribution is -2.54. The Morgan fingerprint density at radius 1 is 1.12 bits per heavy atom. The summed E-state index contributed by atoms with van der Waals surface area (Å²) in [5.74, 6) is 0.325. The standard InChI is InChI=1S/C35H55NO5/c1-4-19-36(22-29(39)23-37)24-35(41)18-16-32-30-15-13-26(21-31(30)33(40)27-10-6-5-7-11-27)20-28(38)14-12-25(2)9-8-17-34(32,35)3/h9,13,15,21,27-29,32,37-39,41H,4-8,10-12,14,16-20,22-24H2,1-3H3/t28-,29-,32-,34-,35+/m0/s1. The second-order valence-corrected chi connectivity index (χ2v) is 13.7. The van der Waals surface area contributed by atoms with Crippen LogP contribution in [0.4, 0.5) is 0 Å². The van der Waals surface area contributed by atoms with E-state index in [1.54, 1.807) is 0 Å². The summed E-state index contributed by atoms with van der Waals surface area (Å²) < 4.78 is 0. The summed E-state index contributed by atoms with van der Waals surface area (Å²) in [5.41, 5.74) is 2.68. The summed E-state index contributed by atoms with van der Waals surface area (Å²) in [5, 5.41) is 43.2. The van der Waals surface area contributed by atoms with Gasteiger partial charge in [-0.2, -0.15) is 0 Å². The third kappa shape index (κ3) is 7.51. The van der Waals surface area contributed by atoms with Crippen LogP contribution in [0.1, 0.15) is 125 Å². The number of carbonyl (C=O) groups excluding carboxylic acids is 1. The molecule has 0 radical (unpaired) electrons. The van der Waals surface area contributed by atoms with Gasteiger partial charge in [-0.25, -0.2) is 0 Å². The maximum absolute atomic E-state index is 14.1. The number of aliphatic hydroxyl groups excluding tert-OH is 3. The van der Waals surface area contributed by atoms with Crippen LogP contribution in [0.3, 0.4) is 0 Å². The zero-order chi connectivity index (χ0) is 29.6. The Bertz CT molecular complexity index is 1050. The molecule has 0 aromatic heterocycles. The molecular formula is C35H55NO5. The molecule has 0 unspecified atom stereocenters. The van der Waals surface area contributed by atoms with Crippen molar-refractivity contribution in [3.8, 4) is 0 Å². The Hall–Kier alpha value is -1.57. The molecular weight excluding hydrogens is 514 g/mol. The number of nitrogens with zero attached hydrogens (tertiary/aromatic N) is 1. The average molecular weight is 570 g/mol. The third-order valence-corrected chi connectivity index (χ3v) is 10.6. The predicted octanol–water partition coefficient (Wildman–Crippen LogP) is 5.55. The van der Waals surface area contributed by atoms with E-state index in [4.69, 9.17) is 0 Å². The van der Waals surface area contributed by atoms with Crippen LogP contribution in [0.5, 0.6) is 0 Å². The van der Waals surface area contributed by atoms with E-state index in [1.807, 2.05) is 0 Å².